The number of carboxylic acids is 1. The maximum Gasteiger partial charge on any atom is 0.308 e. The van der Waals surface area contributed by atoms with E-state index in [2.05, 4.69) is 15.9 Å². The topological polar surface area (TPSA) is 57.6 Å². The molecule has 1 saturated carbocycles. The fourth-order valence-corrected chi connectivity index (χ4v) is 3.55. The predicted molar refractivity (Wildman–Crippen MR) is 82.1 cm³/mol. The van der Waals surface area contributed by atoms with Crippen LogP contribution in [0.15, 0.2) is 22.7 Å². The molecular weight excluding hydrogens is 334 g/mol. The van der Waals surface area contributed by atoms with Gasteiger partial charge in [0, 0.05) is 23.1 Å². The van der Waals surface area contributed by atoms with Gasteiger partial charge in [0.05, 0.1) is 5.92 Å². The summed E-state index contributed by atoms with van der Waals surface area (Å²) in [7, 11) is 0. The second-order valence-electron chi connectivity index (χ2n) is 6.12. The minimum atomic E-state index is -0.771. The van der Waals surface area contributed by atoms with E-state index >= 15 is 0 Å². The Bertz CT molecular complexity index is 597. The van der Waals surface area contributed by atoms with Gasteiger partial charge in [-0.2, -0.15) is 0 Å². The lowest BCUT2D eigenvalue weighted by molar-refractivity contribution is -0.142. The number of hydrogen-bond acceptors (Lipinski definition) is 2. The average molecular weight is 352 g/mol. The summed E-state index contributed by atoms with van der Waals surface area (Å²) in [5.74, 6) is -0.623. The van der Waals surface area contributed by atoms with Gasteiger partial charge in [-0.05, 0) is 49.3 Å². The molecule has 4 nitrogen and oxygen atoms in total. The third kappa shape index (κ3) is 2.84. The van der Waals surface area contributed by atoms with E-state index in [1.165, 1.54) is 0 Å². The van der Waals surface area contributed by atoms with Crippen LogP contribution in [0.3, 0.4) is 0 Å². The number of halogens is 1. The fraction of sp³-hybridized carbons (Fsp3) is 0.500. The third-order valence-corrected chi connectivity index (χ3v) is 5.47. The van der Waals surface area contributed by atoms with Crippen molar-refractivity contribution in [2.24, 2.45) is 17.8 Å². The minimum absolute atomic E-state index is 0.0647. The van der Waals surface area contributed by atoms with Gasteiger partial charge in [-0.25, -0.2) is 0 Å². The van der Waals surface area contributed by atoms with Crippen molar-refractivity contribution in [3.05, 3.63) is 33.8 Å². The van der Waals surface area contributed by atoms with Gasteiger partial charge in [-0.3, -0.25) is 9.59 Å². The summed E-state index contributed by atoms with van der Waals surface area (Å²) in [6.45, 7) is 2.88. The van der Waals surface area contributed by atoms with E-state index in [9.17, 15) is 14.7 Å². The highest BCUT2D eigenvalue weighted by Gasteiger charge is 2.46. The van der Waals surface area contributed by atoms with Crippen LogP contribution >= 0.6 is 15.9 Å². The van der Waals surface area contributed by atoms with E-state index in [0.717, 1.165) is 22.9 Å². The van der Waals surface area contributed by atoms with Crippen LogP contribution in [-0.4, -0.2) is 35.0 Å². The van der Waals surface area contributed by atoms with Crippen LogP contribution in [0.2, 0.25) is 0 Å². The predicted octanol–water partition coefficient (Wildman–Crippen LogP) is 2.94. The van der Waals surface area contributed by atoms with Crippen LogP contribution in [-0.2, 0) is 4.79 Å². The molecule has 1 amide bonds. The lowest BCUT2D eigenvalue weighted by Crippen LogP contribution is -2.29. The summed E-state index contributed by atoms with van der Waals surface area (Å²) in [5, 5.41) is 9.37. The first-order chi connectivity index (χ1) is 9.97. The highest BCUT2D eigenvalue weighted by Crippen LogP contribution is 2.44. The van der Waals surface area contributed by atoms with Crippen molar-refractivity contribution < 1.29 is 14.7 Å². The lowest BCUT2D eigenvalue weighted by atomic mass is 9.92. The second-order valence-corrected chi connectivity index (χ2v) is 6.97. The SMILES string of the molecule is Cc1ccc(C(=O)N2C[C@H](C(=O)O)[C@@H](C3CC3)C2)cc1Br. The molecular formula is C16H18BrNO3. The summed E-state index contributed by atoms with van der Waals surface area (Å²) in [5.41, 5.74) is 1.69. The average Bonchev–Trinajstić information content (AvgIpc) is 3.19. The highest BCUT2D eigenvalue weighted by molar-refractivity contribution is 9.10. The number of amides is 1. The number of aliphatic carboxylic acids is 1. The van der Waals surface area contributed by atoms with Crippen LogP contribution in [0.1, 0.15) is 28.8 Å². The lowest BCUT2D eigenvalue weighted by Gasteiger charge is -2.16. The Morgan fingerprint density at radius 3 is 2.57 bits per heavy atom. The Hall–Kier alpha value is -1.36. The summed E-state index contributed by atoms with van der Waals surface area (Å²) < 4.78 is 0.904. The summed E-state index contributed by atoms with van der Waals surface area (Å²) in [6, 6.07) is 5.53. The van der Waals surface area contributed by atoms with E-state index < -0.39 is 11.9 Å². The Balaban J connectivity index is 1.78. The molecule has 1 saturated heterocycles. The van der Waals surface area contributed by atoms with E-state index in [4.69, 9.17) is 0 Å². The van der Waals surface area contributed by atoms with E-state index in [1.54, 1.807) is 4.90 Å². The van der Waals surface area contributed by atoms with Crippen LogP contribution in [0, 0.1) is 24.7 Å². The first-order valence-corrected chi connectivity index (χ1v) is 8.05. The number of carbonyl (C=O) groups excluding carboxylic acids is 1. The zero-order chi connectivity index (χ0) is 15.1. The number of carboxylic acid groups (broad SMARTS) is 1. The number of benzene rings is 1. The molecule has 2 aliphatic rings. The highest BCUT2D eigenvalue weighted by atomic mass is 79.9. The molecule has 1 aromatic carbocycles. The molecule has 2 atom stereocenters. The molecule has 1 heterocycles. The normalized spacial score (nSPS) is 25.1. The molecule has 1 aromatic rings. The fourth-order valence-electron chi connectivity index (χ4n) is 3.17. The van der Waals surface area contributed by atoms with Gasteiger partial charge in [0.15, 0.2) is 0 Å². The van der Waals surface area contributed by atoms with Crippen molar-refractivity contribution in [1.29, 1.82) is 0 Å². The Kier molecular flexibility index (Phi) is 3.78. The number of hydrogen-bond donors (Lipinski definition) is 1. The number of carbonyl (C=O) groups is 2. The molecule has 0 bridgehead atoms. The molecule has 0 unspecified atom stereocenters. The molecule has 2 fully saturated rings. The summed E-state index contributed by atoms with van der Waals surface area (Å²) in [4.78, 5) is 25.7. The third-order valence-electron chi connectivity index (χ3n) is 4.62. The van der Waals surface area contributed by atoms with Crippen LogP contribution in [0.4, 0.5) is 0 Å². The molecule has 5 heteroatoms. The van der Waals surface area contributed by atoms with Crippen molar-refractivity contribution in [3.63, 3.8) is 0 Å². The Morgan fingerprint density at radius 2 is 2.00 bits per heavy atom. The molecule has 0 radical (unpaired) electrons. The molecule has 21 heavy (non-hydrogen) atoms. The first-order valence-electron chi connectivity index (χ1n) is 7.25. The molecule has 112 valence electrons. The Morgan fingerprint density at radius 1 is 1.29 bits per heavy atom. The quantitative estimate of drug-likeness (QED) is 0.910. The van der Waals surface area contributed by atoms with E-state index in [-0.39, 0.29) is 11.8 Å². The van der Waals surface area contributed by atoms with Crippen molar-refractivity contribution in [2.45, 2.75) is 19.8 Å². The molecule has 1 N–H and O–H groups in total. The molecule has 1 aliphatic carbocycles. The minimum Gasteiger partial charge on any atom is -0.481 e. The number of likely N-dealkylation sites (tertiary alicyclic amines) is 1. The second kappa shape index (κ2) is 5.44. The van der Waals surface area contributed by atoms with E-state index in [0.29, 0.717) is 24.6 Å². The van der Waals surface area contributed by atoms with Gasteiger partial charge < -0.3 is 10.0 Å². The van der Waals surface area contributed by atoms with Crippen molar-refractivity contribution >= 4 is 27.8 Å². The standard InChI is InChI=1S/C16H18BrNO3/c1-9-2-3-11(6-14(9)17)15(19)18-7-12(10-4-5-10)13(8-18)16(20)21/h2-3,6,10,12-13H,4-5,7-8H2,1H3,(H,20,21)/t12-,13+/m1/s1. The van der Waals surface area contributed by atoms with Crippen molar-refractivity contribution in [3.8, 4) is 0 Å². The number of rotatable bonds is 3. The monoisotopic (exact) mass is 351 g/mol. The van der Waals surface area contributed by atoms with Crippen molar-refractivity contribution in [2.75, 3.05) is 13.1 Å². The van der Waals surface area contributed by atoms with Gasteiger partial charge >= 0.3 is 5.97 Å². The maximum absolute atomic E-state index is 12.6. The number of nitrogens with zero attached hydrogens (tertiary/aromatic N) is 1. The zero-order valence-corrected chi connectivity index (χ0v) is 13.5. The zero-order valence-electron chi connectivity index (χ0n) is 11.9. The molecule has 0 aromatic heterocycles. The van der Waals surface area contributed by atoms with Crippen molar-refractivity contribution in [1.82, 2.24) is 4.90 Å². The van der Waals surface area contributed by atoms with Gasteiger partial charge in [-0.1, -0.05) is 22.0 Å². The van der Waals surface area contributed by atoms with Crippen LogP contribution in [0.25, 0.3) is 0 Å². The van der Waals surface area contributed by atoms with Crippen LogP contribution in [0.5, 0.6) is 0 Å². The smallest absolute Gasteiger partial charge is 0.308 e. The Labute approximate surface area is 132 Å². The largest absolute Gasteiger partial charge is 0.481 e. The first kappa shape index (κ1) is 14.6. The number of aryl methyl sites for hydroxylation is 1. The molecule has 0 spiro atoms. The van der Waals surface area contributed by atoms with E-state index in [1.807, 2.05) is 25.1 Å². The summed E-state index contributed by atoms with van der Waals surface area (Å²) >= 11 is 3.44. The maximum atomic E-state index is 12.6. The van der Waals surface area contributed by atoms with Gasteiger partial charge in [0.2, 0.25) is 0 Å². The summed E-state index contributed by atoms with van der Waals surface area (Å²) in [6.07, 6.45) is 2.21. The van der Waals surface area contributed by atoms with Gasteiger partial charge in [0.25, 0.3) is 5.91 Å². The van der Waals surface area contributed by atoms with Gasteiger partial charge in [0.1, 0.15) is 0 Å². The van der Waals surface area contributed by atoms with Crippen LogP contribution < -0.4 is 0 Å². The van der Waals surface area contributed by atoms with Gasteiger partial charge in [-0.15, -0.1) is 0 Å². The molecule has 3 rings (SSSR count). The molecule has 1 aliphatic heterocycles.